The highest BCUT2D eigenvalue weighted by atomic mass is 16.5. The minimum atomic E-state index is -0.0169. The molecule has 6 heteroatoms. The van der Waals surface area contributed by atoms with Crippen LogP contribution in [-0.4, -0.2) is 41.9 Å². The average Bonchev–Trinajstić information content (AvgIpc) is 3.23. The zero-order chi connectivity index (χ0) is 12.4. The molecule has 1 saturated carbocycles. The fourth-order valence-electron chi connectivity index (χ4n) is 2.16. The van der Waals surface area contributed by atoms with Crippen molar-refractivity contribution >= 4 is 5.82 Å². The fraction of sp³-hybridized carbons (Fsp3) is 0.667. The van der Waals surface area contributed by atoms with Crippen molar-refractivity contribution in [2.45, 2.75) is 24.9 Å². The molecule has 2 aliphatic rings. The van der Waals surface area contributed by atoms with Gasteiger partial charge in [0.05, 0.1) is 13.2 Å². The molecule has 2 fully saturated rings. The van der Waals surface area contributed by atoms with Gasteiger partial charge in [0, 0.05) is 37.6 Å². The zero-order valence-corrected chi connectivity index (χ0v) is 10.3. The molecule has 1 aliphatic heterocycles. The molecule has 0 radical (unpaired) electrons. The summed E-state index contributed by atoms with van der Waals surface area (Å²) < 4.78 is 7.14. The smallest absolute Gasteiger partial charge is 0.293 e. The molecule has 0 spiro atoms. The van der Waals surface area contributed by atoms with Crippen LogP contribution in [0.25, 0.3) is 0 Å². The van der Waals surface area contributed by atoms with E-state index in [9.17, 15) is 4.79 Å². The molecule has 0 bridgehead atoms. The zero-order valence-electron chi connectivity index (χ0n) is 10.3. The molecule has 6 nitrogen and oxygen atoms in total. The van der Waals surface area contributed by atoms with Crippen molar-refractivity contribution < 1.29 is 4.74 Å². The van der Waals surface area contributed by atoms with Crippen molar-refractivity contribution in [3.63, 3.8) is 0 Å². The summed E-state index contributed by atoms with van der Waals surface area (Å²) in [6, 6.07) is 0.631. The summed E-state index contributed by atoms with van der Waals surface area (Å²) in [5.74, 6) is 0.441. The van der Waals surface area contributed by atoms with E-state index in [1.165, 1.54) is 0 Å². The first-order chi connectivity index (χ1) is 8.84. The Labute approximate surface area is 105 Å². The predicted molar refractivity (Wildman–Crippen MR) is 67.9 cm³/mol. The molecule has 2 N–H and O–H groups in total. The quantitative estimate of drug-likeness (QED) is 0.786. The Bertz CT molecular complexity index is 463. The Morgan fingerprint density at radius 1 is 1.56 bits per heavy atom. The van der Waals surface area contributed by atoms with E-state index < -0.39 is 0 Å². The first-order valence-electron chi connectivity index (χ1n) is 6.47. The molecular weight excluding hydrogens is 232 g/mol. The summed E-state index contributed by atoms with van der Waals surface area (Å²) in [5, 5.41) is 6.45. The summed E-state index contributed by atoms with van der Waals surface area (Å²) in [4.78, 5) is 16.2. The van der Waals surface area contributed by atoms with E-state index in [1.807, 2.05) is 0 Å². The maximum atomic E-state index is 12.1. The van der Waals surface area contributed by atoms with E-state index in [0.29, 0.717) is 25.0 Å². The Morgan fingerprint density at radius 3 is 3.17 bits per heavy atom. The van der Waals surface area contributed by atoms with Crippen LogP contribution in [0.3, 0.4) is 0 Å². The number of ether oxygens (including phenoxy) is 1. The van der Waals surface area contributed by atoms with E-state index >= 15 is 0 Å². The van der Waals surface area contributed by atoms with Gasteiger partial charge in [-0.25, -0.2) is 4.98 Å². The number of hydrogen-bond donors (Lipinski definition) is 2. The van der Waals surface area contributed by atoms with Crippen LogP contribution in [0.1, 0.15) is 18.9 Å². The summed E-state index contributed by atoms with van der Waals surface area (Å²) >= 11 is 0. The molecule has 0 amide bonds. The van der Waals surface area contributed by atoms with Gasteiger partial charge in [0.1, 0.15) is 0 Å². The van der Waals surface area contributed by atoms with Crippen molar-refractivity contribution in [3.8, 4) is 0 Å². The highest BCUT2D eigenvalue weighted by Gasteiger charge is 2.25. The normalized spacial score (nSPS) is 23.9. The number of anilines is 1. The predicted octanol–water partition coefficient (Wildman–Crippen LogP) is -0.0215. The maximum Gasteiger partial charge on any atom is 0.293 e. The lowest BCUT2D eigenvalue weighted by atomic mass is 10.3. The number of nitrogens with zero attached hydrogens (tertiary/aromatic N) is 2. The number of hydrogen-bond acceptors (Lipinski definition) is 5. The van der Waals surface area contributed by atoms with E-state index in [-0.39, 0.29) is 11.6 Å². The summed E-state index contributed by atoms with van der Waals surface area (Å²) in [5.41, 5.74) is -0.0169. The number of aromatic nitrogens is 2. The third-order valence-electron chi connectivity index (χ3n) is 3.32. The molecule has 0 aromatic carbocycles. The topological polar surface area (TPSA) is 68.2 Å². The minimum absolute atomic E-state index is 0.0169. The van der Waals surface area contributed by atoms with Crippen LogP contribution in [0, 0.1) is 0 Å². The van der Waals surface area contributed by atoms with Crippen molar-refractivity contribution in [1.29, 1.82) is 0 Å². The van der Waals surface area contributed by atoms with Crippen LogP contribution < -0.4 is 16.2 Å². The van der Waals surface area contributed by atoms with Gasteiger partial charge in [-0.05, 0) is 12.8 Å². The molecule has 1 atom stereocenters. The second-order valence-corrected chi connectivity index (χ2v) is 4.83. The first-order valence-corrected chi connectivity index (χ1v) is 6.47. The van der Waals surface area contributed by atoms with Crippen LogP contribution in [0.2, 0.25) is 0 Å². The van der Waals surface area contributed by atoms with Crippen molar-refractivity contribution in [2.24, 2.45) is 0 Å². The molecule has 1 aliphatic carbocycles. The van der Waals surface area contributed by atoms with Gasteiger partial charge in [-0.3, -0.25) is 4.79 Å². The van der Waals surface area contributed by atoms with Gasteiger partial charge >= 0.3 is 0 Å². The van der Waals surface area contributed by atoms with E-state index in [2.05, 4.69) is 15.6 Å². The van der Waals surface area contributed by atoms with Crippen molar-refractivity contribution in [1.82, 2.24) is 14.9 Å². The molecule has 1 aromatic rings. The van der Waals surface area contributed by atoms with Gasteiger partial charge in [0.15, 0.2) is 5.82 Å². The first kappa shape index (κ1) is 11.7. The standard InChI is InChI=1S/C12H18N4O2/c17-12-11(14-3-5-16(12)10-1-2-10)15-7-9-8-18-6-4-13-9/h3,5,9-10,13H,1-2,4,6-8H2,(H,14,15). The highest BCUT2D eigenvalue weighted by Crippen LogP contribution is 2.33. The Morgan fingerprint density at radius 2 is 2.44 bits per heavy atom. The van der Waals surface area contributed by atoms with Gasteiger partial charge in [0.25, 0.3) is 5.56 Å². The molecule has 1 aromatic heterocycles. The lowest BCUT2D eigenvalue weighted by Crippen LogP contribution is -2.45. The van der Waals surface area contributed by atoms with Gasteiger partial charge in [-0.15, -0.1) is 0 Å². The highest BCUT2D eigenvalue weighted by molar-refractivity contribution is 5.31. The van der Waals surface area contributed by atoms with E-state index in [4.69, 9.17) is 4.74 Å². The van der Waals surface area contributed by atoms with Crippen LogP contribution in [0.4, 0.5) is 5.82 Å². The van der Waals surface area contributed by atoms with Gasteiger partial charge in [-0.2, -0.15) is 0 Å². The molecule has 1 saturated heterocycles. The van der Waals surface area contributed by atoms with Gasteiger partial charge < -0.3 is 19.9 Å². The summed E-state index contributed by atoms with van der Waals surface area (Å²) in [6.45, 7) is 2.96. The summed E-state index contributed by atoms with van der Waals surface area (Å²) in [6.07, 6.45) is 5.66. The third-order valence-corrected chi connectivity index (χ3v) is 3.32. The number of morpholine rings is 1. The minimum Gasteiger partial charge on any atom is -0.378 e. The van der Waals surface area contributed by atoms with Crippen LogP contribution >= 0.6 is 0 Å². The van der Waals surface area contributed by atoms with E-state index in [0.717, 1.165) is 26.0 Å². The van der Waals surface area contributed by atoms with Gasteiger partial charge in [-0.1, -0.05) is 0 Å². The Balaban J connectivity index is 1.65. The van der Waals surface area contributed by atoms with Crippen LogP contribution in [0.5, 0.6) is 0 Å². The molecular formula is C12H18N4O2. The second-order valence-electron chi connectivity index (χ2n) is 4.83. The lowest BCUT2D eigenvalue weighted by Gasteiger charge is -2.24. The molecule has 98 valence electrons. The number of nitrogens with one attached hydrogen (secondary N) is 2. The Hall–Kier alpha value is -1.40. The van der Waals surface area contributed by atoms with Crippen LogP contribution in [0.15, 0.2) is 17.2 Å². The van der Waals surface area contributed by atoms with E-state index in [1.54, 1.807) is 17.0 Å². The molecule has 2 heterocycles. The second kappa shape index (κ2) is 5.07. The van der Waals surface area contributed by atoms with Crippen molar-refractivity contribution in [2.75, 3.05) is 31.6 Å². The summed E-state index contributed by atoms with van der Waals surface area (Å²) in [7, 11) is 0. The monoisotopic (exact) mass is 250 g/mol. The number of rotatable bonds is 4. The molecule has 18 heavy (non-hydrogen) atoms. The SMILES string of the molecule is O=c1c(NCC2COCCN2)nccn1C1CC1. The Kier molecular flexibility index (Phi) is 3.29. The molecule has 3 rings (SSSR count). The molecule has 1 unspecified atom stereocenters. The van der Waals surface area contributed by atoms with Gasteiger partial charge in [0.2, 0.25) is 0 Å². The van der Waals surface area contributed by atoms with Crippen molar-refractivity contribution in [3.05, 3.63) is 22.7 Å². The third kappa shape index (κ3) is 2.54. The maximum absolute atomic E-state index is 12.1. The lowest BCUT2D eigenvalue weighted by molar-refractivity contribution is 0.0806. The largest absolute Gasteiger partial charge is 0.378 e. The average molecular weight is 250 g/mol. The van der Waals surface area contributed by atoms with Crippen LogP contribution in [-0.2, 0) is 4.74 Å². The fourth-order valence-corrected chi connectivity index (χ4v) is 2.16.